The monoisotopic (exact) mass is 252 g/mol. The van der Waals surface area contributed by atoms with E-state index < -0.39 is 5.82 Å². The van der Waals surface area contributed by atoms with E-state index in [9.17, 15) is 9.18 Å². The molecule has 0 saturated carbocycles. The lowest BCUT2D eigenvalue weighted by Crippen LogP contribution is -2.29. The number of aliphatic hydroxyl groups excluding tert-OH is 1. The molecular formula is C13H17FN2O2. The summed E-state index contributed by atoms with van der Waals surface area (Å²) in [6.07, 6.45) is 0.798. The highest BCUT2D eigenvalue weighted by molar-refractivity contribution is 5.99. The van der Waals surface area contributed by atoms with E-state index in [0.717, 1.165) is 6.42 Å². The van der Waals surface area contributed by atoms with Crippen LogP contribution in [0.1, 0.15) is 16.8 Å². The summed E-state index contributed by atoms with van der Waals surface area (Å²) in [5.41, 5.74) is 0.575. The highest BCUT2D eigenvalue weighted by Crippen LogP contribution is 2.24. The van der Waals surface area contributed by atoms with Crippen molar-refractivity contribution in [1.29, 1.82) is 0 Å². The molecule has 1 atom stereocenters. The van der Waals surface area contributed by atoms with Crippen molar-refractivity contribution in [2.24, 2.45) is 5.92 Å². The third-order valence-electron chi connectivity index (χ3n) is 3.33. The molecular weight excluding hydrogens is 235 g/mol. The SMILES string of the molecule is CNc1c(F)cccc1C(=O)N1CCC(CO)C1. The number of nitrogens with one attached hydrogen (secondary N) is 1. The summed E-state index contributed by atoms with van der Waals surface area (Å²) in [4.78, 5) is 13.9. The molecule has 2 rings (SSSR count). The Balaban J connectivity index is 2.22. The smallest absolute Gasteiger partial charge is 0.256 e. The Morgan fingerprint density at radius 1 is 1.61 bits per heavy atom. The summed E-state index contributed by atoms with van der Waals surface area (Å²) in [6, 6.07) is 4.47. The van der Waals surface area contributed by atoms with Crippen molar-refractivity contribution in [3.05, 3.63) is 29.6 Å². The van der Waals surface area contributed by atoms with Gasteiger partial charge in [-0.2, -0.15) is 0 Å². The zero-order valence-electron chi connectivity index (χ0n) is 10.3. The Labute approximate surface area is 105 Å². The Bertz CT molecular complexity index is 451. The van der Waals surface area contributed by atoms with Crippen molar-refractivity contribution in [1.82, 2.24) is 4.90 Å². The van der Waals surface area contributed by atoms with E-state index in [2.05, 4.69) is 5.32 Å². The quantitative estimate of drug-likeness (QED) is 0.853. The standard InChI is InChI=1S/C13H17FN2O2/c1-15-12-10(3-2-4-11(12)14)13(18)16-6-5-9(7-16)8-17/h2-4,9,15,17H,5-8H2,1H3. The largest absolute Gasteiger partial charge is 0.396 e. The molecule has 4 nitrogen and oxygen atoms in total. The summed E-state index contributed by atoms with van der Waals surface area (Å²) >= 11 is 0. The van der Waals surface area contributed by atoms with E-state index in [0.29, 0.717) is 18.7 Å². The van der Waals surface area contributed by atoms with E-state index in [4.69, 9.17) is 5.11 Å². The Hall–Kier alpha value is -1.62. The van der Waals surface area contributed by atoms with Crippen LogP contribution in [0.3, 0.4) is 0 Å². The second kappa shape index (κ2) is 5.35. The molecule has 0 aromatic heterocycles. The summed E-state index contributed by atoms with van der Waals surface area (Å²) in [7, 11) is 1.59. The molecule has 0 bridgehead atoms. The van der Waals surface area contributed by atoms with Gasteiger partial charge in [-0.05, 0) is 18.6 Å². The van der Waals surface area contributed by atoms with Crippen LogP contribution in [-0.2, 0) is 0 Å². The van der Waals surface area contributed by atoms with Gasteiger partial charge in [-0.25, -0.2) is 4.39 Å². The molecule has 18 heavy (non-hydrogen) atoms. The minimum absolute atomic E-state index is 0.0891. The lowest BCUT2D eigenvalue weighted by atomic mass is 10.1. The summed E-state index contributed by atoms with van der Waals surface area (Å²) in [5.74, 6) is -0.475. The van der Waals surface area contributed by atoms with Gasteiger partial charge in [-0.15, -0.1) is 0 Å². The highest BCUT2D eigenvalue weighted by atomic mass is 19.1. The number of benzene rings is 1. The Kier molecular flexibility index (Phi) is 3.81. The fraction of sp³-hybridized carbons (Fsp3) is 0.462. The van der Waals surface area contributed by atoms with Crippen molar-refractivity contribution < 1.29 is 14.3 Å². The van der Waals surface area contributed by atoms with Crippen LogP contribution >= 0.6 is 0 Å². The molecule has 1 fully saturated rings. The van der Waals surface area contributed by atoms with Gasteiger partial charge in [-0.1, -0.05) is 6.07 Å². The number of aliphatic hydroxyl groups is 1. The zero-order chi connectivity index (χ0) is 13.1. The van der Waals surface area contributed by atoms with Crippen molar-refractivity contribution in [3.63, 3.8) is 0 Å². The Morgan fingerprint density at radius 3 is 3.00 bits per heavy atom. The minimum Gasteiger partial charge on any atom is -0.396 e. The molecule has 1 aromatic carbocycles. The van der Waals surface area contributed by atoms with Crippen LogP contribution in [0.2, 0.25) is 0 Å². The van der Waals surface area contributed by atoms with Gasteiger partial charge in [0.15, 0.2) is 0 Å². The third kappa shape index (κ3) is 2.31. The maximum Gasteiger partial charge on any atom is 0.256 e. The molecule has 2 N–H and O–H groups in total. The molecule has 1 saturated heterocycles. The van der Waals surface area contributed by atoms with Gasteiger partial charge in [0.05, 0.1) is 11.3 Å². The third-order valence-corrected chi connectivity index (χ3v) is 3.33. The highest BCUT2D eigenvalue weighted by Gasteiger charge is 2.28. The van der Waals surface area contributed by atoms with Gasteiger partial charge in [-0.3, -0.25) is 4.79 Å². The molecule has 1 aromatic rings. The maximum atomic E-state index is 13.6. The van der Waals surface area contributed by atoms with Crippen molar-refractivity contribution in [2.45, 2.75) is 6.42 Å². The molecule has 98 valence electrons. The normalized spacial score (nSPS) is 19.1. The van der Waals surface area contributed by atoms with Crippen molar-refractivity contribution in [2.75, 3.05) is 32.1 Å². The number of para-hydroxylation sites is 1. The average molecular weight is 252 g/mol. The van der Waals surface area contributed by atoms with Gasteiger partial charge in [0.1, 0.15) is 5.82 Å². The van der Waals surface area contributed by atoms with Crippen LogP contribution in [0.15, 0.2) is 18.2 Å². The number of carbonyl (C=O) groups excluding carboxylic acids is 1. The number of nitrogens with zero attached hydrogens (tertiary/aromatic N) is 1. The average Bonchev–Trinajstić information content (AvgIpc) is 2.86. The van der Waals surface area contributed by atoms with Crippen LogP contribution in [0.25, 0.3) is 0 Å². The number of carbonyl (C=O) groups is 1. The summed E-state index contributed by atoms with van der Waals surface area (Å²) in [6.45, 7) is 1.24. The zero-order valence-corrected chi connectivity index (χ0v) is 10.3. The van der Waals surface area contributed by atoms with Crippen molar-refractivity contribution in [3.8, 4) is 0 Å². The minimum atomic E-state index is -0.429. The van der Waals surface area contributed by atoms with Crippen LogP contribution in [0.5, 0.6) is 0 Å². The first kappa shape index (κ1) is 12.8. The van der Waals surface area contributed by atoms with Gasteiger partial charge >= 0.3 is 0 Å². The fourth-order valence-corrected chi connectivity index (χ4v) is 2.29. The Morgan fingerprint density at radius 2 is 2.39 bits per heavy atom. The maximum absolute atomic E-state index is 13.6. The van der Waals surface area contributed by atoms with Gasteiger partial charge in [0, 0.05) is 32.7 Å². The van der Waals surface area contributed by atoms with Gasteiger partial charge in [0.25, 0.3) is 5.91 Å². The predicted octanol–water partition coefficient (Wildman–Crippen LogP) is 1.32. The fourth-order valence-electron chi connectivity index (χ4n) is 2.29. The summed E-state index contributed by atoms with van der Waals surface area (Å²) in [5, 5.41) is 11.8. The molecule has 1 aliphatic heterocycles. The topological polar surface area (TPSA) is 52.6 Å². The van der Waals surface area contributed by atoms with E-state index >= 15 is 0 Å². The van der Waals surface area contributed by atoms with E-state index in [1.807, 2.05) is 0 Å². The molecule has 1 aliphatic rings. The lowest BCUT2D eigenvalue weighted by Gasteiger charge is -2.18. The van der Waals surface area contributed by atoms with Crippen LogP contribution in [-0.4, -0.2) is 42.7 Å². The lowest BCUT2D eigenvalue weighted by molar-refractivity contribution is 0.0782. The molecule has 0 aliphatic carbocycles. The number of anilines is 1. The first-order chi connectivity index (χ1) is 8.67. The summed E-state index contributed by atoms with van der Waals surface area (Å²) < 4.78 is 13.6. The number of hydrogen-bond donors (Lipinski definition) is 2. The molecule has 1 unspecified atom stereocenters. The van der Waals surface area contributed by atoms with Gasteiger partial charge < -0.3 is 15.3 Å². The van der Waals surface area contributed by atoms with E-state index in [-0.39, 0.29) is 24.1 Å². The van der Waals surface area contributed by atoms with Crippen molar-refractivity contribution >= 4 is 11.6 Å². The second-order valence-corrected chi connectivity index (χ2v) is 4.50. The number of amides is 1. The van der Waals surface area contributed by atoms with Crippen LogP contribution in [0.4, 0.5) is 10.1 Å². The first-order valence-corrected chi connectivity index (χ1v) is 6.03. The van der Waals surface area contributed by atoms with E-state index in [1.54, 1.807) is 18.0 Å². The van der Waals surface area contributed by atoms with Gasteiger partial charge in [0.2, 0.25) is 0 Å². The molecule has 5 heteroatoms. The number of rotatable bonds is 3. The number of halogens is 1. The number of likely N-dealkylation sites (tertiary alicyclic amines) is 1. The number of hydrogen-bond acceptors (Lipinski definition) is 3. The molecule has 1 amide bonds. The molecule has 0 radical (unpaired) electrons. The predicted molar refractivity (Wildman–Crippen MR) is 67.0 cm³/mol. The first-order valence-electron chi connectivity index (χ1n) is 6.03. The van der Waals surface area contributed by atoms with Crippen LogP contribution in [0, 0.1) is 11.7 Å². The van der Waals surface area contributed by atoms with Crippen LogP contribution < -0.4 is 5.32 Å². The second-order valence-electron chi connectivity index (χ2n) is 4.50. The van der Waals surface area contributed by atoms with E-state index in [1.165, 1.54) is 12.1 Å². The molecule has 1 heterocycles. The molecule has 0 spiro atoms.